The topological polar surface area (TPSA) is 125 Å². The highest BCUT2D eigenvalue weighted by Crippen LogP contribution is 2.43. The number of likely N-dealkylation sites (tertiary alicyclic amines) is 2. The number of halogens is 4. The minimum absolute atomic E-state index is 0.0957. The van der Waals surface area contributed by atoms with Crippen molar-refractivity contribution in [1.82, 2.24) is 39.0 Å². The Bertz CT molecular complexity index is 3060. The molecule has 0 spiro atoms. The molecule has 2 atom stereocenters. The largest absolute Gasteiger partial charge is 0.378 e. The quantitative estimate of drug-likeness (QED) is 0.122. The van der Waals surface area contributed by atoms with Crippen LogP contribution in [0.15, 0.2) is 84.9 Å². The first-order valence-corrected chi connectivity index (χ1v) is 26.8. The summed E-state index contributed by atoms with van der Waals surface area (Å²) in [7, 11) is 4.79. The molecule has 0 bridgehead atoms. The lowest BCUT2D eigenvalue weighted by Gasteiger charge is -2.36. The predicted molar refractivity (Wildman–Crippen MR) is 285 cm³/mol. The summed E-state index contributed by atoms with van der Waals surface area (Å²) in [5.41, 5.74) is 4.09. The van der Waals surface area contributed by atoms with E-state index >= 15 is 28.0 Å². The van der Waals surface area contributed by atoms with Crippen molar-refractivity contribution in [3.8, 4) is 0 Å². The maximum atomic E-state index is 15.7. The first kappa shape index (κ1) is 52.6. The van der Waals surface area contributed by atoms with E-state index in [2.05, 4.69) is 15.1 Å². The molecule has 75 heavy (non-hydrogen) atoms. The Morgan fingerprint density at radius 3 is 1.37 bits per heavy atom. The van der Waals surface area contributed by atoms with Crippen LogP contribution in [-0.2, 0) is 32.2 Å². The summed E-state index contributed by atoms with van der Waals surface area (Å²) >= 11 is 13.1. The molecule has 396 valence electrons. The van der Waals surface area contributed by atoms with Crippen molar-refractivity contribution in [2.45, 2.75) is 62.7 Å². The van der Waals surface area contributed by atoms with E-state index in [1.165, 1.54) is 24.1 Å². The fourth-order valence-electron chi connectivity index (χ4n) is 12.1. The minimum Gasteiger partial charge on any atom is -0.378 e. The SMILES string of the molecule is CNC(=O)C(C(C(=O)N(C)C)n1c(C(=O)N2CCOCC2)c(CN2CCC(c3c(F)cccc3Cl)CC2)c2ccccc21)n1c(C(=O)N2CCOCC2)c(CN2CCC(c3c(F)cccc3Cl)CC2)c2ccccc21. The van der Waals surface area contributed by atoms with Gasteiger partial charge in [0.15, 0.2) is 0 Å². The van der Waals surface area contributed by atoms with Gasteiger partial charge in [-0.05, 0) is 100 Å². The van der Waals surface area contributed by atoms with E-state index < -0.39 is 23.9 Å². The van der Waals surface area contributed by atoms with E-state index in [1.54, 1.807) is 57.3 Å². The Kier molecular flexibility index (Phi) is 15.9. The van der Waals surface area contributed by atoms with Crippen LogP contribution in [0.3, 0.4) is 0 Å². The summed E-state index contributed by atoms with van der Waals surface area (Å²) in [6, 6.07) is 21.9. The van der Waals surface area contributed by atoms with Crippen molar-refractivity contribution >= 4 is 68.6 Å². The van der Waals surface area contributed by atoms with E-state index in [4.69, 9.17) is 32.7 Å². The van der Waals surface area contributed by atoms with Gasteiger partial charge >= 0.3 is 0 Å². The number of para-hydroxylation sites is 2. The van der Waals surface area contributed by atoms with Crippen LogP contribution in [0, 0.1) is 11.6 Å². The molecule has 4 aromatic carbocycles. The number of hydrogen-bond donors (Lipinski definition) is 1. The minimum atomic E-state index is -1.43. The van der Waals surface area contributed by atoms with Crippen LogP contribution in [0.25, 0.3) is 21.8 Å². The number of carbonyl (C=O) groups is 4. The highest BCUT2D eigenvalue weighted by atomic mass is 35.5. The molecule has 4 saturated heterocycles. The van der Waals surface area contributed by atoms with Crippen molar-refractivity contribution < 1.29 is 37.4 Å². The second kappa shape index (κ2) is 22.8. The van der Waals surface area contributed by atoms with E-state index in [0.717, 1.165) is 10.8 Å². The molecular formula is C57H64Cl2F2N8O6. The lowest BCUT2D eigenvalue weighted by Crippen LogP contribution is -2.48. The number of ether oxygens (including phenoxy) is 2. The third-order valence-electron chi connectivity index (χ3n) is 15.9. The number of nitrogens with zero attached hydrogens (tertiary/aromatic N) is 7. The molecule has 4 aliphatic heterocycles. The standard InChI is InChI=1S/C57H64Cl2F2N8O6/c1-62-54(70)52(68-46-16-6-4-10-38(46)40(50(68)56(72)66-26-30-74-31-27-66)34-64-22-18-36(19-23-64)48-42(58)12-8-14-44(48)60)53(55(71)63(2)3)69-47-17-7-5-11-39(47)41(51(69)57(73)67-28-32-75-33-29-67)35-65-24-20-37(21-25-65)49-43(59)13-9-15-45(49)61/h4-17,36-37,52-53H,18-35H2,1-3H3,(H,62,70). The van der Waals surface area contributed by atoms with Crippen LogP contribution in [0.2, 0.25) is 10.0 Å². The average molecular weight is 1070 g/mol. The van der Waals surface area contributed by atoms with Crippen LogP contribution in [0.4, 0.5) is 8.78 Å². The number of rotatable bonds is 13. The molecule has 2 aromatic heterocycles. The molecule has 0 aliphatic carbocycles. The number of amides is 4. The highest BCUT2D eigenvalue weighted by Gasteiger charge is 2.45. The average Bonchev–Trinajstić information content (AvgIpc) is 3.97. The summed E-state index contributed by atoms with van der Waals surface area (Å²) in [6.07, 6.45) is 2.53. The van der Waals surface area contributed by atoms with Crippen molar-refractivity contribution in [2.75, 3.05) is 99.9 Å². The van der Waals surface area contributed by atoms with Crippen LogP contribution in [0.1, 0.15) is 92.8 Å². The first-order valence-electron chi connectivity index (χ1n) is 26.1. The zero-order chi connectivity index (χ0) is 52.5. The van der Waals surface area contributed by atoms with E-state index in [0.29, 0.717) is 161 Å². The number of aromatic nitrogens is 2. The smallest absolute Gasteiger partial charge is 0.271 e. The number of carbonyl (C=O) groups excluding carboxylic acids is 4. The monoisotopic (exact) mass is 1060 g/mol. The molecule has 4 amide bonds. The van der Waals surface area contributed by atoms with Gasteiger partial charge < -0.3 is 38.6 Å². The van der Waals surface area contributed by atoms with Gasteiger partial charge in [-0.3, -0.25) is 29.0 Å². The van der Waals surface area contributed by atoms with Gasteiger partial charge in [0, 0.05) is 115 Å². The predicted octanol–water partition coefficient (Wildman–Crippen LogP) is 8.50. The number of hydrogen-bond acceptors (Lipinski definition) is 8. The zero-order valence-corrected chi connectivity index (χ0v) is 44.2. The van der Waals surface area contributed by atoms with Gasteiger partial charge in [0.2, 0.25) is 11.8 Å². The van der Waals surface area contributed by atoms with Crippen LogP contribution in [0.5, 0.6) is 0 Å². The summed E-state index contributed by atoms with van der Waals surface area (Å²) < 4.78 is 45.5. The summed E-state index contributed by atoms with van der Waals surface area (Å²) in [6.45, 7) is 5.54. The van der Waals surface area contributed by atoms with Crippen molar-refractivity contribution in [2.24, 2.45) is 0 Å². The van der Waals surface area contributed by atoms with Gasteiger partial charge in [0.25, 0.3) is 11.8 Å². The molecule has 6 heterocycles. The number of piperidine rings is 2. The second-order valence-electron chi connectivity index (χ2n) is 20.3. The second-order valence-corrected chi connectivity index (χ2v) is 21.2. The Hall–Kier alpha value is -5.88. The van der Waals surface area contributed by atoms with Gasteiger partial charge in [-0.15, -0.1) is 0 Å². The third-order valence-corrected chi connectivity index (χ3v) is 16.5. The molecule has 10 rings (SSSR count). The third kappa shape index (κ3) is 10.3. The molecular weight excluding hydrogens is 1000 g/mol. The van der Waals surface area contributed by atoms with Gasteiger partial charge in [0.1, 0.15) is 35.1 Å². The molecule has 4 aliphatic rings. The molecule has 0 saturated carbocycles. The van der Waals surface area contributed by atoms with Crippen LogP contribution >= 0.6 is 23.2 Å². The Labute approximate surface area is 446 Å². The molecule has 1 N–H and O–H groups in total. The molecule has 14 nitrogen and oxygen atoms in total. The fraction of sp³-hybridized carbons (Fsp3) is 0.439. The fourth-order valence-corrected chi connectivity index (χ4v) is 12.7. The summed E-state index contributed by atoms with van der Waals surface area (Å²) in [4.78, 5) is 71.9. The van der Waals surface area contributed by atoms with Gasteiger partial charge in [-0.1, -0.05) is 71.7 Å². The summed E-state index contributed by atoms with van der Waals surface area (Å²) in [5.74, 6) is -2.48. The zero-order valence-electron chi connectivity index (χ0n) is 42.7. The van der Waals surface area contributed by atoms with E-state index in [1.807, 2.05) is 48.5 Å². The van der Waals surface area contributed by atoms with Crippen molar-refractivity contribution in [3.63, 3.8) is 0 Å². The van der Waals surface area contributed by atoms with Crippen LogP contribution in [-0.4, -0.2) is 157 Å². The number of nitrogens with one attached hydrogen (secondary N) is 1. The van der Waals surface area contributed by atoms with Crippen molar-refractivity contribution in [3.05, 3.63) is 140 Å². The molecule has 2 unspecified atom stereocenters. The van der Waals surface area contributed by atoms with Crippen LogP contribution < -0.4 is 5.32 Å². The Morgan fingerprint density at radius 1 is 0.587 bits per heavy atom. The van der Waals surface area contributed by atoms with Gasteiger partial charge in [0.05, 0.1) is 26.4 Å². The molecule has 18 heteroatoms. The number of benzene rings is 4. The number of morpholine rings is 2. The lowest BCUT2D eigenvalue weighted by molar-refractivity contribution is -0.138. The maximum Gasteiger partial charge on any atom is 0.271 e. The molecule has 4 fully saturated rings. The maximum absolute atomic E-state index is 15.7. The Balaban J connectivity index is 1.14. The van der Waals surface area contributed by atoms with Crippen molar-refractivity contribution in [1.29, 1.82) is 0 Å². The number of fused-ring (bicyclic) bond motifs is 2. The summed E-state index contributed by atoms with van der Waals surface area (Å²) in [5, 5.41) is 5.18. The Morgan fingerprint density at radius 2 is 0.987 bits per heavy atom. The molecule has 6 aromatic rings. The molecule has 0 radical (unpaired) electrons. The van der Waals surface area contributed by atoms with Gasteiger partial charge in [-0.25, -0.2) is 8.78 Å². The van der Waals surface area contributed by atoms with E-state index in [-0.39, 0.29) is 46.7 Å². The van der Waals surface area contributed by atoms with E-state index in [9.17, 15) is 0 Å². The normalized spacial score (nSPS) is 18.4. The lowest BCUT2D eigenvalue weighted by atomic mass is 9.88. The first-order chi connectivity index (χ1) is 36.4. The highest BCUT2D eigenvalue weighted by molar-refractivity contribution is 6.31. The number of likely N-dealkylation sites (N-methyl/N-ethyl adjacent to an activating group) is 2. The van der Waals surface area contributed by atoms with Gasteiger partial charge in [-0.2, -0.15) is 0 Å².